The fourth-order valence-corrected chi connectivity index (χ4v) is 11.2. The summed E-state index contributed by atoms with van der Waals surface area (Å²) in [5.41, 5.74) is 7.51. The number of aryl methyl sites for hydroxylation is 2. The van der Waals surface area contributed by atoms with E-state index in [0.29, 0.717) is 0 Å². The lowest BCUT2D eigenvalue weighted by Gasteiger charge is -2.14. The molecule has 0 unspecified atom stereocenters. The molecule has 2 nitrogen and oxygen atoms in total. The van der Waals surface area contributed by atoms with Crippen molar-refractivity contribution >= 4 is 22.8 Å². The molecular formula is C74H128N2. The third kappa shape index (κ3) is 42.2. The predicted molar refractivity (Wildman–Crippen MR) is 346 cm³/mol. The van der Waals surface area contributed by atoms with Crippen molar-refractivity contribution in [3.05, 3.63) is 84.0 Å². The Labute approximate surface area is 476 Å². The predicted octanol–water partition coefficient (Wildman–Crippen LogP) is 26.3. The van der Waals surface area contributed by atoms with Crippen molar-refractivity contribution in [3.63, 3.8) is 0 Å². The van der Waals surface area contributed by atoms with E-state index in [1.165, 1.54) is 311 Å². The summed E-state index contributed by atoms with van der Waals surface area (Å²) < 4.78 is 0. The van der Waals surface area contributed by atoms with E-state index in [1.54, 1.807) is 0 Å². The molecule has 0 spiro atoms. The van der Waals surface area contributed by atoms with Crippen LogP contribution in [0.5, 0.6) is 0 Å². The Morgan fingerprint density at radius 3 is 0.803 bits per heavy atom. The molecule has 0 saturated heterocycles. The lowest BCUT2D eigenvalue weighted by Crippen LogP contribution is -2.15. The van der Waals surface area contributed by atoms with Crippen LogP contribution in [0.25, 0.3) is 0 Å². The van der Waals surface area contributed by atoms with Crippen molar-refractivity contribution in [2.75, 3.05) is 0 Å². The van der Waals surface area contributed by atoms with Gasteiger partial charge in [0, 0.05) is 0 Å². The van der Waals surface area contributed by atoms with Crippen LogP contribution >= 0.6 is 0 Å². The van der Waals surface area contributed by atoms with Gasteiger partial charge >= 0.3 is 0 Å². The first kappa shape index (κ1) is 69.4. The number of hydrogen-bond acceptors (Lipinski definition) is 2. The monoisotopic (exact) mass is 1050 g/mol. The number of allylic oxidation sites excluding steroid dienone is 4. The minimum absolute atomic E-state index is 0.992. The Hall–Kier alpha value is -2.74. The van der Waals surface area contributed by atoms with Crippen molar-refractivity contribution in [2.24, 2.45) is 9.98 Å². The highest BCUT2D eigenvalue weighted by molar-refractivity contribution is 6.43. The minimum atomic E-state index is 0.992. The molecule has 0 N–H and O–H groups in total. The third-order valence-electron chi connectivity index (χ3n) is 16.3. The maximum Gasteiger partial charge on any atom is 0.0665 e. The number of nitrogens with zero attached hydrogens (tertiary/aromatic N) is 2. The molecule has 2 rings (SSSR count). The van der Waals surface area contributed by atoms with Crippen LogP contribution in [0.15, 0.2) is 82.8 Å². The second-order valence-corrected chi connectivity index (χ2v) is 23.6. The standard InChI is InChI=1S/C74H128N2/c1-5-9-13-16-18-20-22-24-26-28-30-32-34-36-38-40-42-44-46-48-50-52-54-61-69-63-57-59-66-71(69)75-73(65-12-8-4)74(68-56-15-11-7-3)76-72-67-60-58-64-70(72)62-55-53-51-49-47-45-43-41-39-37-35-33-31-29-27-25-23-21-19-17-14-10-6-2/h48-51,57-60,63-64,66-67H,5-47,52-56,61-62,65,68H2,1-4H3. The van der Waals surface area contributed by atoms with Gasteiger partial charge in [0.05, 0.1) is 22.8 Å². The zero-order valence-electron chi connectivity index (χ0n) is 51.6. The van der Waals surface area contributed by atoms with E-state index in [9.17, 15) is 0 Å². The van der Waals surface area contributed by atoms with Crippen LogP contribution in [-0.2, 0) is 12.8 Å². The Morgan fingerprint density at radius 1 is 0.263 bits per heavy atom. The summed E-state index contributed by atoms with van der Waals surface area (Å²) in [6.07, 6.45) is 80.2. The summed E-state index contributed by atoms with van der Waals surface area (Å²) in [5, 5.41) is 0. The molecule has 76 heavy (non-hydrogen) atoms. The number of rotatable bonds is 57. The Balaban J connectivity index is 1.74. The highest BCUT2D eigenvalue weighted by atomic mass is 14.8. The van der Waals surface area contributed by atoms with Gasteiger partial charge in [-0.2, -0.15) is 0 Å². The average Bonchev–Trinajstić information content (AvgIpc) is 3.44. The van der Waals surface area contributed by atoms with Crippen LogP contribution in [0.1, 0.15) is 360 Å². The topological polar surface area (TPSA) is 24.7 Å². The zero-order chi connectivity index (χ0) is 54.1. The van der Waals surface area contributed by atoms with E-state index in [0.717, 1.165) is 56.3 Å². The molecule has 0 aromatic heterocycles. The van der Waals surface area contributed by atoms with Gasteiger partial charge in [-0.3, -0.25) is 9.98 Å². The summed E-state index contributed by atoms with van der Waals surface area (Å²) in [4.78, 5) is 11.1. The summed E-state index contributed by atoms with van der Waals surface area (Å²) in [6.45, 7) is 9.24. The average molecular weight is 1050 g/mol. The largest absolute Gasteiger partial charge is 0.251 e. The van der Waals surface area contributed by atoms with Crippen molar-refractivity contribution in [1.82, 2.24) is 0 Å². The van der Waals surface area contributed by atoms with Gasteiger partial charge in [0.25, 0.3) is 0 Å². The van der Waals surface area contributed by atoms with Crippen molar-refractivity contribution in [1.29, 1.82) is 0 Å². The summed E-state index contributed by atoms with van der Waals surface area (Å²) in [5.74, 6) is 0. The fraction of sp³-hybridized carbons (Fsp3) is 0.757. The smallest absolute Gasteiger partial charge is 0.0665 e. The van der Waals surface area contributed by atoms with Gasteiger partial charge in [0.15, 0.2) is 0 Å². The highest BCUT2D eigenvalue weighted by Crippen LogP contribution is 2.27. The van der Waals surface area contributed by atoms with Crippen LogP contribution < -0.4 is 0 Å². The lowest BCUT2D eigenvalue weighted by molar-refractivity contribution is 0.525. The zero-order valence-corrected chi connectivity index (χ0v) is 51.6. The molecule has 0 aliphatic carbocycles. The summed E-state index contributed by atoms with van der Waals surface area (Å²) in [6, 6.07) is 18.0. The summed E-state index contributed by atoms with van der Waals surface area (Å²) in [7, 11) is 0. The van der Waals surface area contributed by atoms with Gasteiger partial charge in [-0.15, -0.1) is 0 Å². The Kier molecular flexibility index (Phi) is 50.7. The van der Waals surface area contributed by atoms with E-state index in [4.69, 9.17) is 9.98 Å². The highest BCUT2D eigenvalue weighted by Gasteiger charge is 2.13. The molecule has 0 saturated carbocycles. The fourth-order valence-electron chi connectivity index (χ4n) is 11.2. The molecule has 0 heterocycles. The molecule has 2 aromatic carbocycles. The van der Waals surface area contributed by atoms with Crippen molar-refractivity contribution in [3.8, 4) is 0 Å². The normalized spacial score (nSPS) is 12.4. The summed E-state index contributed by atoms with van der Waals surface area (Å²) >= 11 is 0. The second kappa shape index (κ2) is 55.6. The van der Waals surface area contributed by atoms with Crippen LogP contribution in [0.4, 0.5) is 11.4 Å². The maximum atomic E-state index is 5.57. The van der Waals surface area contributed by atoms with E-state index >= 15 is 0 Å². The van der Waals surface area contributed by atoms with E-state index in [-0.39, 0.29) is 0 Å². The molecule has 0 bridgehead atoms. The number of benzene rings is 2. The van der Waals surface area contributed by atoms with Gasteiger partial charge in [-0.25, -0.2) is 0 Å². The Bertz CT molecular complexity index is 1640. The lowest BCUT2D eigenvalue weighted by atomic mass is 10.0. The Morgan fingerprint density at radius 2 is 0.500 bits per heavy atom. The first-order chi connectivity index (χ1) is 37.7. The molecule has 0 radical (unpaired) electrons. The van der Waals surface area contributed by atoms with E-state index < -0.39 is 0 Å². The van der Waals surface area contributed by atoms with Crippen LogP contribution in [0.3, 0.4) is 0 Å². The maximum absolute atomic E-state index is 5.57. The molecule has 434 valence electrons. The SMILES string of the molecule is CCCCCCCCCCCCCCCCCCCCC=CCCCc1ccccc1N=C(CCCC)C(CCCCCC)=Nc1ccccc1CCCC=CCCCCCCCCCCCCCCCCCCCC. The molecule has 2 aromatic rings. The number of para-hydroxylation sites is 2. The van der Waals surface area contributed by atoms with E-state index in [1.807, 2.05) is 0 Å². The first-order valence-electron chi connectivity index (χ1n) is 34.3. The molecule has 0 fully saturated rings. The minimum Gasteiger partial charge on any atom is -0.251 e. The van der Waals surface area contributed by atoms with Crippen molar-refractivity contribution < 1.29 is 0 Å². The van der Waals surface area contributed by atoms with Crippen LogP contribution in [0, 0.1) is 0 Å². The van der Waals surface area contributed by atoms with Gasteiger partial charge in [-0.1, -0.05) is 332 Å². The number of hydrogen-bond donors (Lipinski definition) is 0. The molecule has 0 aliphatic rings. The van der Waals surface area contributed by atoms with Crippen LogP contribution in [0.2, 0.25) is 0 Å². The second-order valence-electron chi connectivity index (χ2n) is 23.6. The van der Waals surface area contributed by atoms with Gasteiger partial charge in [-0.05, 0) is 113 Å². The molecule has 0 atom stereocenters. The number of unbranched alkanes of at least 4 members (excludes halogenated alkanes) is 42. The quantitative estimate of drug-likeness (QED) is 0.0358. The number of aliphatic imine (C=N–C) groups is 2. The third-order valence-corrected chi connectivity index (χ3v) is 16.3. The molecule has 0 aliphatic heterocycles. The molecular weight excluding hydrogens is 917 g/mol. The van der Waals surface area contributed by atoms with Crippen molar-refractivity contribution in [2.45, 2.75) is 362 Å². The molecule has 0 amide bonds. The van der Waals surface area contributed by atoms with Gasteiger partial charge in [0.2, 0.25) is 0 Å². The molecule has 2 heteroatoms. The van der Waals surface area contributed by atoms with E-state index in [2.05, 4.69) is 101 Å². The van der Waals surface area contributed by atoms with Gasteiger partial charge in [0.1, 0.15) is 0 Å². The first-order valence-corrected chi connectivity index (χ1v) is 34.3. The van der Waals surface area contributed by atoms with Gasteiger partial charge < -0.3 is 0 Å². The van der Waals surface area contributed by atoms with Crippen LogP contribution in [-0.4, -0.2) is 11.4 Å².